The first kappa shape index (κ1) is 21.5. The summed E-state index contributed by atoms with van der Waals surface area (Å²) in [6.07, 6.45) is -0.0588. The molecule has 3 rings (SSSR count). The minimum absolute atomic E-state index is 0.0588. The fourth-order valence-electron chi connectivity index (χ4n) is 3.06. The molecule has 1 aliphatic rings. The van der Waals surface area contributed by atoms with E-state index in [4.69, 9.17) is 9.47 Å². The molecule has 0 unspecified atom stereocenters. The van der Waals surface area contributed by atoms with Crippen LogP contribution in [0.4, 0.5) is 11.4 Å². The Kier molecular flexibility index (Phi) is 6.22. The number of morpholine rings is 1. The van der Waals surface area contributed by atoms with Crippen LogP contribution in [0.25, 0.3) is 0 Å². The number of sulfonamides is 1. The summed E-state index contributed by atoms with van der Waals surface area (Å²) in [5.41, 5.74) is 0.0133. The molecule has 30 heavy (non-hydrogen) atoms. The van der Waals surface area contributed by atoms with Crippen molar-refractivity contribution in [2.75, 3.05) is 31.5 Å². The third-order valence-electron chi connectivity index (χ3n) is 4.58. The molecule has 0 radical (unpaired) electrons. The van der Waals surface area contributed by atoms with Gasteiger partial charge in [-0.2, -0.15) is 0 Å². The SMILES string of the molecule is COc1ccc([N+](=O)[O-])cc1NS(=O)(=O)c1ccc(C(=O)N2CCO[C@@H](C)C2)cc1. The molecule has 1 amide bonds. The van der Waals surface area contributed by atoms with Gasteiger partial charge in [0, 0.05) is 30.8 Å². The molecule has 0 bridgehead atoms. The second kappa shape index (κ2) is 8.67. The van der Waals surface area contributed by atoms with E-state index in [0.717, 1.165) is 6.07 Å². The number of hydrogen-bond donors (Lipinski definition) is 1. The molecule has 0 aromatic heterocycles. The average molecular weight is 435 g/mol. The summed E-state index contributed by atoms with van der Waals surface area (Å²) in [6, 6.07) is 9.08. The molecule has 0 saturated carbocycles. The van der Waals surface area contributed by atoms with Gasteiger partial charge in [0.1, 0.15) is 5.75 Å². The standard InChI is InChI=1S/C19H21N3O7S/c1-13-12-21(9-10-29-13)19(23)14-3-6-16(7-4-14)30(26,27)20-17-11-15(22(24)25)5-8-18(17)28-2/h3-8,11,13,20H,9-10,12H2,1-2H3/t13-/m0/s1. The summed E-state index contributed by atoms with van der Waals surface area (Å²) in [6.45, 7) is 3.27. The predicted molar refractivity (Wildman–Crippen MR) is 108 cm³/mol. The molecule has 2 aromatic carbocycles. The van der Waals surface area contributed by atoms with Gasteiger partial charge in [-0.1, -0.05) is 0 Å². The molecule has 1 atom stereocenters. The van der Waals surface area contributed by atoms with E-state index in [1.165, 1.54) is 43.5 Å². The minimum atomic E-state index is -4.06. The highest BCUT2D eigenvalue weighted by atomic mass is 32.2. The number of anilines is 1. The Balaban J connectivity index is 1.81. The van der Waals surface area contributed by atoms with Gasteiger partial charge in [-0.25, -0.2) is 8.42 Å². The van der Waals surface area contributed by atoms with E-state index < -0.39 is 14.9 Å². The number of nitro benzene ring substituents is 1. The molecule has 1 heterocycles. The first-order chi connectivity index (χ1) is 14.2. The summed E-state index contributed by atoms with van der Waals surface area (Å²) in [5.74, 6) is -0.0696. The quantitative estimate of drug-likeness (QED) is 0.544. The monoisotopic (exact) mass is 435 g/mol. The van der Waals surface area contributed by atoms with Gasteiger partial charge in [-0.05, 0) is 37.3 Å². The van der Waals surface area contributed by atoms with Crippen molar-refractivity contribution in [2.45, 2.75) is 17.9 Å². The van der Waals surface area contributed by atoms with Gasteiger partial charge in [0.25, 0.3) is 21.6 Å². The molecule has 1 N–H and O–H groups in total. The summed E-state index contributed by atoms with van der Waals surface area (Å²) in [4.78, 5) is 24.5. The highest BCUT2D eigenvalue weighted by Gasteiger charge is 2.24. The number of rotatable bonds is 6. The normalized spacial score (nSPS) is 16.7. The Morgan fingerprint density at radius 1 is 1.27 bits per heavy atom. The van der Waals surface area contributed by atoms with Gasteiger partial charge in [-0.3, -0.25) is 19.6 Å². The van der Waals surface area contributed by atoms with Crippen LogP contribution in [0.15, 0.2) is 47.4 Å². The number of nitro groups is 1. The number of hydrogen-bond acceptors (Lipinski definition) is 7. The van der Waals surface area contributed by atoms with Gasteiger partial charge >= 0.3 is 0 Å². The van der Waals surface area contributed by atoms with E-state index in [9.17, 15) is 23.3 Å². The van der Waals surface area contributed by atoms with Crippen molar-refractivity contribution in [1.29, 1.82) is 0 Å². The lowest BCUT2D eigenvalue weighted by Gasteiger charge is -2.31. The molecule has 10 nitrogen and oxygen atoms in total. The van der Waals surface area contributed by atoms with Crippen molar-refractivity contribution in [2.24, 2.45) is 0 Å². The highest BCUT2D eigenvalue weighted by Crippen LogP contribution is 2.31. The Morgan fingerprint density at radius 3 is 2.57 bits per heavy atom. The predicted octanol–water partition coefficient (Wildman–Crippen LogP) is 2.27. The summed E-state index contributed by atoms with van der Waals surface area (Å²) in [7, 11) is -2.74. The van der Waals surface area contributed by atoms with Gasteiger partial charge < -0.3 is 14.4 Å². The fraction of sp³-hybridized carbons (Fsp3) is 0.316. The third-order valence-corrected chi connectivity index (χ3v) is 5.96. The summed E-state index contributed by atoms with van der Waals surface area (Å²) < 4.78 is 38.3. The van der Waals surface area contributed by atoms with Crippen LogP contribution in [0.5, 0.6) is 5.75 Å². The van der Waals surface area contributed by atoms with E-state index in [0.29, 0.717) is 25.3 Å². The number of carbonyl (C=O) groups is 1. The summed E-state index contributed by atoms with van der Waals surface area (Å²) >= 11 is 0. The molecule has 1 fully saturated rings. The molecule has 0 aliphatic carbocycles. The number of amides is 1. The van der Waals surface area contributed by atoms with Crippen LogP contribution in [-0.4, -0.2) is 57.1 Å². The van der Waals surface area contributed by atoms with E-state index in [1.807, 2.05) is 6.92 Å². The van der Waals surface area contributed by atoms with Crippen molar-refractivity contribution >= 4 is 27.3 Å². The molecule has 11 heteroatoms. The van der Waals surface area contributed by atoms with Crippen LogP contribution in [0.1, 0.15) is 17.3 Å². The topological polar surface area (TPSA) is 128 Å². The molecule has 160 valence electrons. The van der Waals surface area contributed by atoms with Crippen LogP contribution in [0.3, 0.4) is 0 Å². The van der Waals surface area contributed by atoms with E-state index in [2.05, 4.69) is 4.72 Å². The number of ether oxygens (including phenoxy) is 2. The van der Waals surface area contributed by atoms with Gasteiger partial charge in [0.05, 0.1) is 35.3 Å². The number of methoxy groups -OCH3 is 1. The summed E-state index contributed by atoms with van der Waals surface area (Å²) in [5, 5.41) is 11.0. The maximum absolute atomic E-state index is 12.7. The van der Waals surface area contributed by atoms with Crippen LogP contribution < -0.4 is 9.46 Å². The minimum Gasteiger partial charge on any atom is -0.495 e. The van der Waals surface area contributed by atoms with Gasteiger partial charge in [0.2, 0.25) is 0 Å². The van der Waals surface area contributed by atoms with Gasteiger partial charge in [-0.15, -0.1) is 0 Å². The van der Waals surface area contributed by atoms with Crippen molar-refractivity contribution in [3.63, 3.8) is 0 Å². The Morgan fingerprint density at radius 2 is 1.97 bits per heavy atom. The number of nitrogens with zero attached hydrogens (tertiary/aromatic N) is 2. The van der Waals surface area contributed by atoms with Gasteiger partial charge in [0.15, 0.2) is 0 Å². The first-order valence-electron chi connectivity index (χ1n) is 9.07. The van der Waals surface area contributed by atoms with Crippen molar-refractivity contribution in [1.82, 2.24) is 4.90 Å². The Labute approximate surface area is 173 Å². The largest absolute Gasteiger partial charge is 0.495 e. The third kappa shape index (κ3) is 4.69. The lowest BCUT2D eigenvalue weighted by Crippen LogP contribution is -2.44. The fourth-order valence-corrected chi connectivity index (χ4v) is 4.12. The van der Waals surface area contributed by atoms with E-state index in [-0.39, 0.29) is 34.0 Å². The second-order valence-electron chi connectivity index (χ2n) is 6.70. The molecule has 2 aromatic rings. The maximum atomic E-state index is 12.7. The highest BCUT2D eigenvalue weighted by molar-refractivity contribution is 7.92. The van der Waals surface area contributed by atoms with Crippen LogP contribution in [-0.2, 0) is 14.8 Å². The number of nitrogens with one attached hydrogen (secondary N) is 1. The molecular weight excluding hydrogens is 414 g/mol. The molecule has 1 aliphatic heterocycles. The van der Waals surface area contributed by atoms with Crippen molar-refractivity contribution in [3.05, 3.63) is 58.1 Å². The van der Waals surface area contributed by atoms with Crippen molar-refractivity contribution < 1.29 is 27.6 Å². The number of carbonyl (C=O) groups excluding carboxylic acids is 1. The first-order valence-corrected chi connectivity index (χ1v) is 10.6. The zero-order valence-electron chi connectivity index (χ0n) is 16.4. The maximum Gasteiger partial charge on any atom is 0.271 e. The smallest absolute Gasteiger partial charge is 0.271 e. The molecular formula is C19H21N3O7S. The Bertz CT molecular complexity index is 1050. The lowest BCUT2D eigenvalue weighted by atomic mass is 10.2. The number of non-ortho nitro benzene ring substituents is 1. The zero-order chi connectivity index (χ0) is 21.9. The molecule has 1 saturated heterocycles. The van der Waals surface area contributed by atoms with Crippen LogP contribution in [0.2, 0.25) is 0 Å². The Hall–Kier alpha value is -3.18. The zero-order valence-corrected chi connectivity index (χ0v) is 17.2. The van der Waals surface area contributed by atoms with Crippen molar-refractivity contribution in [3.8, 4) is 5.75 Å². The van der Waals surface area contributed by atoms with E-state index >= 15 is 0 Å². The average Bonchev–Trinajstić information content (AvgIpc) is 2.73. The van der Waals surface area contributed by atoms with Crippen LogP contribution in [0, 0.1) is 10.1 Å². The molecule has 0 spiro atoms. The lowest BCUT2D eigenvalue weighted by molar-refractivity contribution is -0.384. The van der Waals surface area contributed by atoms with Crippen LogP contribution >= 0.6 is 0 Å². The number of benzene rings is 2. The second-order valence-corrected chi connectivity index (χ2v) is 8.39. The van der Waals surface area contributed by atoms with E-state index in [1.54, 1.807) is 4.90 Å².